The van der Waals surface area contributed by atoms with Gasteiger partial charge in [0.25, 0.3) is 0 Å². The third-order valence-electron chi connectivity index (χ3n) is 3.79. The van der Waals surface area contributed by atoms with Crippen LogP contribution in [-0.4, -0.2) is 42.6 Å². The molecule has 0 aromatic heterocycles. The van der Waals surface area contributed by atoms with Crippen LogP contribution in [0.1, 0.15) is 33.1 Å². The van der Waals surface area contributed by atoms with E-state index in [4.69, 9.17) is 22.7 Å². The number of nitrogens with zero attached hydrogens (tertiary/aromatic N) is 1. The zero-order chi connectivity index (χ0) is 13.8. The molecule has 0 spiro atoms. The highest BCUT2D eigenvalue weighted by molar-refractivity contribution is 7.80. The monoisotopic (exact) mass is 272 g/mol. The van der Waals surface area contributed by atoms with Crippen LogP contribution in [0.15, 0.2) is 0 Å². The summed E-state index contributed by atoms with van der Waals surface area (Å²) in [7, 11) is 1.66. The van der Waals surface area contributed by atoms with Crippen LogP contribution in [0.3, 0.4) is 0 Å². The Hall–Kier alpha value is -0.680. The molecular formula is C13H24N2O2S. The SMILES string of the molecule is COCC(C)CC(=O)N1CCC(C)(C(N)=S)CC1. The third-order valence-corrected chi connectivity index (χ3v) is 4.28. The minimum atomic E-state index is -0.0791. The van der Waals surface area contributed by atoms with Gasteiger partial charge < -0.3 is 15.4 Å². The first-order valence-corrected chi connectivity index (χ1v) is 6.86. The van der Waals surface area contributed by atoms with E-state index in [2.05, 4.69) is 6.92 Å². The van der Waals surface area contributed by atoms with Crippen LogP contribution in [0, 0.1) is 11.3 Å². The number of hydrogen-bond acceptors (Lipinski definition) is 3. The van der Waals surface area contributed by atoms with E-state index in [1.54, 1.807) is 7.11 Å². The summed E-state index contributed by atoms with van der Waals surface area (Å²) in [5, 5.41) is 0. The summed E-state index contributed by atoms with van der Waals surface area (Å²) in [6.45, 7) is 6.26. The molecule has 0 radical (unpaired) electrons. The van der Waals surface area contributed by atoms with Crippen LogP contribution in [-0.2, 0) is 9.53 Å². The maximum absolute atomic E-state index is 12.1. The molecule has 1 fully saturated rings. The van der Waals surface area contributed by atoms with Gasteiger partial charge >= 0.3 is 0 Å². The number of carbonyl (C=O) groups excluding carboxylic acids is 1. The van der Waals surface area contributed by atoms with E-state index in [1.807, 2.05) is 11.8 Å². The lowest BCUT2D eigenvalue weighted by Gasteiger charge is -2.39. The largest absolute Gasteiger partial charge is 0.393 e. The molecule has 5 heteroatoms. The Morgan fingerprint density at radius 3 is 2.50 bits per heavy atom. The van der Waals surface area contributed by atoms with Crippen LogP contribution < -0.4 is 5.73 Å². The van der Waals surface area contributed by atoms with Crippen molar-refractivity contribution >= 4 is 23.1 Å². The Kier molecular flexibility index (Phi) is 5.53. The van der Waals surface area contributed by atoms with Gasteiger partial charge in [0.15, 0.2) is 0 Å². The first kappa shape index (κ1) is 15.4. The van der Waals surface area contributed by atoms with Gasteiger partial charge in [0.1, 0.15) is 0 Å². The molecule has 0 bridgehead atoms. The quantitative estimate of drug-likeness (QED) is 0.772. The number of likely N-dealkylation sites (tertiary alicyclic amines) is 1. The van der Waals surface area contributed by atoms with Gasteiger partial charge in [-0.3, -0.25) is 4.79 Å². The van der Waals surface area contributed by atoms with Crippen LogP contribution in [0.25, 0.3) is 0 Å². The van der Waals surface area contributed by atoms with Crippen molar-refractivity contribution in [2.24, 2.45) is 17.1 Å². The lowest BCUT2D eigenvalue weighted by molar-refractivity contribution is -0.134. The van der Waals surface area contributed by atoms with Gasteiger partial charge in [-0.2, -0.15) is 0 Å². The topological polar surface area (TPSA) is 55.6 Å². The smallest absolute Gasteiger partial charge is 0.222 e. The summed E-state index contributed by atoms with van der Waals surface area (Å²) in [5.41, 5.74) is 5.68. The van der Waals surface area contributed by atoms with E-state index < -0.39 is 0 Å². The van der Waals surface area contributed by atoms with Crippen molar-refractivity contribution < 1.29 is 9.53 Å². The molecule has 18 heavy (non-hydrogen) atoms. The number of piperidine rings is 1. The van der Waals surface area contributed by atoms with Crippen molar-refractivity contribution in [3.63, 3.8) is 0 Å². The highest BCUT2D eigenvalue weighted by atomic mass is 32.1. The van der Waals surface area contributed by atoms with E-state index in [-0.39, 0.29) is 17.2 Å². The van der Waals surface area contributed by atoms with Gasteiger partial charge in [-0.15, -0.1) is 0 Å². The van der Waals surface area contributed by atoms with E-state index in [0.29, 0.717) is 18.0 Å². The summed E-state index contributed by atoms with van der Waals surface area (Å²) in [6.07, 6.45) is 2.29. The van der Waals surface area contributed by atoms with E-state index in [0.717, 1.165) is 25.9 Å². The summed E-state index contributed by atoms with van der Waals surface area (Å²) in [4.78, 5) is 14.6. The molecule has 1 heterocycles. The lowest BCUT2D eigenvalue weighted by atomic mass is 9.80. The second-order valence-corrected chi connectivity index (χ2v) is 6.01. The van der Waals surface area contributed by atoms with Crippen LogP contribution in [0.4, 0.5) is 0 Å². The van der Waals surface area contributed by atoms with Crippen molar-refractivity contribution in [2.45, 2.75) is 33.1 Å². The number of carbonyl (C=O) groups is 1. The zero-order valence-electron chi connectivity index (χ0n) is 11.6. The van der Waals surface area contributed by atoms with Crippen molar-refractivity contribution in [2.75, 3.05) is 26.8 Å². The predicted octanol–water partition coefficient (Wildman–Crippen LogP) is 1.57. The fraction of sp³-hybridized carbons (Fsp3) is 0.846. The first-order chi connectivity index (χ1) is 8.39. The Morgan fingerprint density at radius 1 is 1.50 bits per heavy atom. The van der Waals surface area contributed by atoms with Crippen molar-refractivity contribution in [1.29, 1.82) is 0 Å². The summed E-state index contributed by atoms with van der Waals surface area (Å²) < 4.78 is 5.05. The standard InChI is InChI=1S/C13H24N2O2S/c1-10(9-17-3)8-11(16)15-6-4-13(2,5-7-15)12(14)18/h10H,4-9H2,1-3H3,(H2,14,18). The minimum absolute atomic E-state index is 0.0791. The Balaban J connectivity index is 2.43. The molecule has 0 aromatic carbocycles. The van der Waals surface area contributed by atoms with E-state index in [1.165, 1.54) is 0 Å². The van der Waals surface area contributed by atoms with Gasteiger partial charge in [-0.1, -0.05) is 26.1 Å². The normalized spacial score (nSPS) is 20.5. The molecule has 4 nitrogen and oxygen atoms in total. The van der Waals surface area contributed by atoms with Crippen molar-refractivity contribution in [1.82, 2.24) is 4.90 Å². The van der Waals surface area contributed by atoms with Gasteiger partial charge in [0, 0.05) is 38.6 Å². The van der Waals surface area contributed by atoms with Crippen LogP contribution in [0.5, 0.6) is 0 Å². The third kappa shape index (κ3) is 3.92. The molecule has 0 aliphatic carbocycles. The number of ether oxygens (including phenoxy) is 1. The number of amides is 1. The minimum Gasteiger partial charge on any atom is -0.393 e. The maximum atomic E-state index is 12.1. The molecular weight excluding hydrogens is 248 g/mol. The molecule has 1 aliphatic rings. The maximum Gasteiger partial charge on any atom is 0.222 e. The second-order valence-electron chi connectivity index (χ2n) is 5.57. The fourth-order valence-corrected chi connectivity index (χ4v) is 2.47. The second kappa shape index (κ2) is 6.48. The average Bonchev–Trinajstić information content (AvgIpc) is 2.29. The Labute approximate surface area is 115 Å². The summed E-state index contributed by atoms with van der Waals surface area (Å²) in [5.74, 6) is 0.482. The highest BCUT2D eigenvalue weighted by Crippen LogP contribution is 2.31. The number of rotatable bonds is 5. The van der Waals surface area contributed by atoms with E-state index in [9.17, 15) is 4.79 Å². The zero-order valence-corrected chi connectivity index (χ0v) is 12.4. The first-order valence-electron chi connectivity index (χ1n) is 6.45. The predicted molar refractivity (Wildman–Crippen MR) is 76.4 cm³/mol. The van der Waals surface area contributed by atoms with Crippen molar-refractivity contribution in [3.05, 3.63) is 0 Å². The van der Waals surface area contributed by atoms with Gasteiger partial charge in [0.05, 0.1) is 4.99 Å². The summed E-state index contributed by atoms with van der Waals surface area (Å²) in [6, 6.07) is 0. The van der Waals surface area contributed by atoms with Gasteiger partial charge in [-0.25, -0.2) is 0 Å². The molecule has 1 aliphatic heterocycles. The summed E-state index contributed by atoms with van der Waals surface area (Å²) >= 11 is 5.10. The average molecular weight is 272 g/mol. The van der Waals surface area contributed by atoms with Crippen LogP contribution in [0.2, 0.25) is 0 Å². The Bertz CT molecular complexity index is 312. The molecule has 2 N–H and O–H groups in total. The van der Waals surface area contributed by atoms with E-state index >= 15 is 0 Å². The van der Waals surface area contributed by atoms with Crippen LogP contribution >= 0.6 is 12.2 Å². The molecule has 0 aromatic rings. The number of hydrogen-bond donors (Lipinski definition) is 1. The molecule has 0 saturated carbocycles. The molecule has 1 amide bonds. The number of nitrogens with two attached hydrogens (primary N) is 1. The molecule has 1 unspecified atom stereocenters. The van der Waals surface area contributed by atoms with Gasteiger partial charge in [-0.05, 0) is 18.8 Å². The Morgan fingerprint density at radius 2 is 2.06 bits per heavy atom. The molecule has 1 rings (SSSR count). The molecule has 104 valence electrons. The number of thiocarbonyl (C=S) groups is 1. The lowest BCUT2D eigenvalue weighted by Crippen LogP contribution is -2.47. The molecule has 1 saturated heterocycles. The van der Waals surface area contributed by atoms with Gasteiger partial charge in [0.2, 0.25) is 5.91 Å². The molecule has 1 atom stereocenters. The van der Waals surface area contributed by atoms with Crippen molar-refractivity contribution in [3.8, 4) is 0 Å². The fourth-order valence-electron chi connectivity index (χ4n) is 2.27. The highest BCUT2D eigenvalue weighted by Gasteiger charge is 2.34. The number of methoxy groups -OCH3 is 1.